The first-order valence-electron chi connectivity index (χ1n) is 8.51. The number of nitrogens with one attached hydrogen (secondary N) is 2. The van der Waals surface area contributed by atoms with Gasteiger partial charge >= 0.3 is 0 Å². The number of likely N-dealkylation sites (N-methyl/N-ethyl adjacent to an activating group) is 1. The third-order valence-corrected chi connectivity index (χ3v) is 3.74. The Labute approximate surface area is 158 Å². The van der Waals surface area contributed by atoms with Gasteiger partial charge in [0.15, 0.2) is 0 Å². The second-order valence-electron chi connectivity index (χ2n) is 6.25. The Balaban J connectivity index is 1.86. The minimum absolute atomic E-state index is 0.0431. The van der Waals surface area contributed by atoms with Crippen LogP contribution in [0.25, 0.3) is 6.08 Å². The summed E-state index contributed by atoms with van der Waals surface area (Å²) in [5, 5.41) is 5.44. The van der Waals surface area contributed by atoms with Crippen LogP contribution in [0.3, 0.4) is 0 Å². The lowest BCUT2D eigenvalue weighted by Gasteiger charge is -2.15. The number of aryl methyl sites for hydroxylation is 1. The van der Waals surface area contributed by atoms with Crippen LogP contribution in [0.5, 0.6) is 0 Å². The lowest BCUT2D eigenvalue weighted by molar-refractivity contribution is -0.129. The molecule has 6 heteroatoms. The van der Waals surface area contributed by atoms with Gasteiger partial charge in [0, 0.05) is 31.4 Å². The summed E-state index contributed by atoms with van der Waals surface area (Å²) in [7, 11) is 1.57. The van der Waals surface area contributed by atoms with Crippen LogP contribution in [-0.2, 0) is 14.4 Å². The van der Waals surface area contributed by atoms with Crippen molar-refractivity contribution in [2.24, 2.45) is 0 Å². The standard InChI is InChI=1S/C21H23N3O3/c1-15-4-9-19(10-5-15)23-20(26)14-24(3)21(27)13-8-17-6-11-18(12-7-17)22-16(2)25/h4-13H,14H2,1-3H3,(H,22,25)(H,23,26)/b13-8+. The van der Waals surface area contributed by atoms with Gasteiger partial charge in [-0.2, -0.15) is 0 Å². The van der Waals surface area contributed by atoms with Gasteiger partial charge in [-0.3, -0.25) is 14.4 Å². The molecule has 140 valence electrons. The van der Waals surface area contributed by atoms with Crippen LogP contribution in [0, 0.1) is 6.92 Å². The Hall–Kier alpha value is -3.41. The first-order valence-corrected chi connectivity index (χ1v) is 8.51. The van der Waals surface area contributed by atoms with Gasteiger partial charge in [-0.1, -0.05) is 29.8 Å². The van der Waals surface area contributed by atoms with E-state index in [4.69, 9.17) is 0 Å². The van der Waals surface area contributed by atoms with E-state index in [-0.39, 0.29) is 24.3 Å². The maximum Gasteiger partial charge on any atom is 0.246 e. The topological polar surface area (TPSA) is 78.5 Å². The SMILES string of the molecule is CC(=O)Nc1ccc(/C=C/C(=O)N(C)CC(=O)Nc2ccc(C)cc2)cc1. The summed E-state index contributed by atoms with van der Waals surface area (Å²) in [6.07, 6.45) is 3.07. The predicted octanol–water partition coefficient (Wildman–Crippen LogP) is 3.06. The van der Waals surface area contributed by atoms with Crippen LogP contribution in [0.1, 0.15) is 18.1 Å². The molecule has 0 spiro atoms. The van der Waals surface area contributed by atoms with Gasteiger partial charge in [0.2, 0.25) is 17.7 Å². The zero-order valence-electron chi connectivity index (χ0n) is 15.7. The molecule has 0 saturated carbocycles. The van der Waals surface area contributed by atoms with E-state index in [1.165, 1.54) is 17.9 Å². The molecule has 0 unspecified atom stereocenters. The summed E-state index contributed by atoms with van der Waals surface area (Å²) in [4.78, 5) is 36.5. The minimum atomic E-state index is -0.278. The molecule has 0 saturated heterocycles. The van der Waals surface area contributed by atoms with Crippen molar-refractivity contribution >= 4 is 35.2 Å². The molecular weight excluding hydrogens is 342 g/mol. The minimum Gasteiger partial charge on any atom is -0.333 e. The highest BCUT2D eigenvalue weighted by Gasteiger charge is 2.10. The summed E-state index contributed by atoms with van der Waals surface area (Å²) in [6, 6.07) is 14.5. The van der Waals surface area contributed by atoms with E-state index >= 15 is 0 Å². The predicted molar refractivity (Wildman–Crippen MR) is 107 cm³/mol. The first kappa shape index (κ1) is 19.9. The second-order valence-corrected chi connectivity index (χ2v) is 6.25. The lowest BCUT2D eigenvalue weighted by Crippen LogP contribution is -2.33. The maximum absolute atomic E-state index is 12.2. The van der Waals surface area contributed by atoms with Crippen LogP contribution in [0.4, 0.5) is 11.4 Å². The number of hydrogen-bond acceptors (Lipinski definition) is 3. The number of carbonyl (C=O) groups is 3. The molecule has 27 heavy (non-hydrogen) atoms. The molecule has 2 aromatic carbocycles. The molecule has 2 aromatic rings. The van der Waals surface area contributed by atoms with Gasteiger partial charge in [-0.25, -0.2) is 0 Å². The molecule has 2 rings (SSSR count). The van der Waals surface area contributed by atoms with Crippen molar-refractivity contribution in [1.82, 2.24) is 4.90 Å². The molecule has 0 aliphatic rings. The van der Waals surface area contributed by atoms with Crippen molar-refractivity contribution in [3.8, 4) is 0 Å². The van der Waals surface area contributed by atoms with E-state index in [2.05, 4.69) is 10.6 Å². The van der Waals surface area contributed by atoms with E-state index in [0.29, 0.717) is 11.4 Å². The lowest BCUT2D eigenvalue weighted by atomic mass is 10.2. The fourth-order valence-electron chi connectivity index (χ4n) is 2.31. The normalized spacial score (nSPS) is 10.5. The van der Waals surface area contributed by atoms with E-state index < -0.39 is 0 Å². The smallest absolute Gasteiger partial charge is 0.246 e. The number of hydrogen-bond donors (Lipinski definition) is 2. The molecule has 2 N–H and O–H groups in total. The van der Waals surface area contributed by atoms with Gasteiger partial charge in [0.05, 0.1) is 6.54 Å². The van der Waals surface area contributed by atoms with Crippen molar-refractivity contribution < 1.29 is 14.4 Å². The van der Waals surface area contributed by atoms with E-state index in [0.717, 1.165) is 11.1 Å². The van der Waals surface area contributed by atoms with Crippen molar-refractivity contribution in [1.29, 1.82) is 0 Å². The molecule has 0 aliphatic heterocycles. The second kappa shape index (κ2) is 9.33. The number of amides is 3. The Bertz CT molecular complexity index is 840. The molecule has 0 aliphatic carbocycles. The molecule has 0 fully saturated rings. The summed E-state index contributed by atoms with van der Waals surface area (Å²) in [5.41, 5.74) is 3.31. The Morgan fingerprint density at radius 1 is 0.926 bits per heavy atom. The summed E-state index contributed by atoms with van der Waals surface area (Å²) in [6.45, 7) is 3.37. The Morgan fingerprint density at radius 2 is 1.48 bits per heavy atom. The van der Waals surface area contributed by atoms with Gasteiger partial charge in [0.1, 0.15) is 0 Å². The van der Waals surface area contributed by atoms with Gasteiger partial charge < -0.3 is 15.5 Å². The zero-order valence-corrected chi connectivity index (χ0v) is 15.7. The molecule has 6 nitrogen and oxygen atoms in total. The van der Waals surface area contributed by atoms with Crippen LogP contribution in [0.15, 0.2) is 54.6 Å². The molecule has 3 amide bonds. The number of anilines is 2. The molecular formula is C21H23N3O3. The monoisotopic (exact) mass is 365 g/mol. The summed E-state index contributed by atoms with van der Waals surface area (Å²) >= 11 is 0. The first-order chi connectivity index (χ1) is 12.8. The number of benzene rings is 2. The molecule has 0 heterocycles. The fraction of sp³-hybridized carbons (Fsp3) is 0.190. The van der Waals surface area contributed by atoms with Crippen LogP contribution in [0.2, 0.25) is 0 Å². The van der Waals surface area contributed by atoms with E-state index in [9.17, 15) is 14.4 Å². The third-order valence-electron chi connectivity index (χ3n) is 3.74. The molecule has 0 aromatic heterocycles. The van der Waals surface area contributed by atoms with Gasteiger partial charge in [-0.05, 0) is 42.8 Å². The average Bonchev–Trinajstić information content (AvgIpc) is 2.62. The van der Waals surface area contributed by atoms with Crippen molar-refractivity contribution in [3.05, 3.63) is 65.7 Å². The van der Waals surface area contributed by atoms with Crippen LogP contribution in [-0.4, -0.2) is 36.2 Å². The highest BCUT2D eigenvalue weighted by atomic mass is 16.2. The molecule has 0 radical (unpaired) electrons. The number of carbonyl (C=O) groups excluding carboxylic acids is 3. The molecule has 0 atom stereocenters. The Kier molecular flexibility index (Phi) is 6.88. The van der Waals surface area contributed by atoms with Crippen molar-refractivity contribution in [2.75, 3.05) is 24.2 Å². The highest BCUT2D eigenvalue weighted by molar-refractivity contribution is 5.98. The summed E-state index contributed by atoms with van der Waals surface area (Å²) in [5.74, 6) is -0.679. The maximum atomic E-state index is 12.2. The van der Waals surface area contributed by atoms with Gasteiger partial charge in [0.25, 0.3) is 0 Å². The van der Waals surface area contributed by atoms with E-state index in [1.807, 2.05) is 31.2 Å². The van der Waals surface area contributed by atoms with Crippen molar-refractivity contribution in [2.45, 2.75) is 13.8 Å². The Morgan fingerprint density at radius 3 is 2.07 bits per heavy atom. The average molecular weight is 365 g/mol. The van der Waals surface area contributed by atoms with Crippen LogP contribution >= 0.6 is 0 Å². The van der Waals surface area contributed by atoms with Gasteiger partial charge in [-0.15, -0.1) is 0 Å². The third kappa shape index (κ3) is 6.78. The van der Waals surface area contributed by atoms with Crippen molar-refractivity contribution in [3.63, 3.8) is 0 Å². The fourth-order valence-corrected chi connectivity index (χ4v) is 2.31. The van der Waals surface area contributed by atoms with Crippen LogP contribution < -0.4 is 10.6 Å². The highest BCUT2D eigenvalue weighted by Crippen LogP contribution is 2.11. The zero-order chi connectivity index (χ0) is 19.8. The number of nitrogens with zero attached hydrogens (tertiary/aromatic N) is 1. The molecule has 0 bridgehead atoms. The quantitative estimate of drug-likeness (QED) is 0.772. The number of rotatable bonds is 6. The van der Waals surface area contributed by atoms with E-state index in [1.54, 1.807) is 37.4 Å². The largest absolute Gasteiger partial charge is 0.333 e. The summed E-state index contributed by atoms with van der Waals surface area (Å²) < 4.78 is 0.